The topological polar surface area (TPSA) is 78.7 Å². The minimum atomic E-state index is -0.114. The third-order valence-corrected chi connectivity index (χ3v) is 5.51. The first-order valence-electron chi connectivity index (χ1n) is 9.82. The lowest BCUT2D eigenvalue weighted by atomic mass is 10.2. The average Bonchev–Trinajstić information content (AvgIpc) is 3.19. The van der Waals surface area contributed by atoms with Crippen LogP contribution in [0.15, 0.2) is 30.6 Å². The van der Waals surface area contributed by atoms with Crippen LogP contribution < -0.4 is 10.2 Å². The number of fused-ring (bicyclic) bond motifs is 1. The van der Waals surface area contributed by atoms with E-state index in [0.717, 1.165) is 29.9 Å². The highest BCUT2D eigenvalue weighted by Crippen LogP contribution is 2.22. The molecule has 1 saturated heterocycles. The second-order valence-corrected chi connectivity index (χ2v) is 7.60. The second kappa shape index (κ2) is 8.24. The molecule has 152 valence electrons. The van der Waals surface area contributed by atoms with E-state index in [4.69, 9.17) is 11.6 Å². The van der Waals surface area contributed by atoms with Gasteiger partial charge in [-0.2, -0.15) is 14.6 Å². The maximum absolute atomic E-state index is 12.6. The molecule has 0 bridgehead atoms. The van der Waals surface area contributed by atoms with Crippen molar-refractivity contribution in [3.63, 3.8) is 0 Å². The first-order valence-corrected chi connectivity index (χ1v) is 10.2. The van der Waals surface area contributed by atoms with Crippen LogP contribution in [0.3, 0.4) is 0 Å². The summed E-state index contributed by atoms with van der Waals surface area (Å²) in [5.74, 6) is 1.59. The van der Waals surface area contributed by atoms with Crippen LogP contribution in [0.25, 0.3) is 5.78 Å². The molecule has 9 heteroatoms. The quantitative estimate of drug-likeness (QED) is 0.709. The number of benzene rings is 1. The molecule has 0 aliphatic carbocycles. The average molecular weight is 414 g/mol. The van der Waals surface area contributed by atoms with Crippen LogP contribution in [0.2, 0.25) is 5.02 Å². The number of piperazine rings is 1. The van der Waals surface area contributed by atoms with Crippen molar-refractivity contribution in [3.05, 3.63) is 46.9 Å². The second-order valence-electron chi connectivity index (χ2n) is 7.20. The number of rotatable bonds is 4. The van der Waals surface area contributed by atoms with Gasteiger partial charge in [0.1, 0.15) is 12.1 Å². The molecular weight excluding hydrogens is 390 g/mol. The Labute approximate surface area is 174 Å². The summed E-state index contributed by atoms with van der Waals surface area (Å²) in [5, 5.41) is 7.89. The number of anilines is 2. The molecule has 0 atom stereocenters. The zero-order valence-electron chi connectivity index (χ0n) is 16.6. The number of aromatic nitrogens is 4. The molecule has 0 unspecified atom stereocenters. The van der Waals surface area contributed by atoms with Crippen molar-refractivity contribution >= 4 is 34.9 Å². The molecule has 1 N–H and O–H groups in total. The van der Waals surface area contributed by atoms with Gasteiger partial charge >= 0.3 is 6.03 Å². The Bertz CT molecular complexity index is 1030. The van der Waals surface area contributed by atoms with E-state index < -0.39 is 0 Å². The summed E-state index contributed by atoms with van der Waals surface area (Å²) in [6, 6.07) is 7.50. The van der Waals surface area contributed by atoms with Crippen LogP contribution in [0.1, 0.15) is 24.6 Å². The van der Waals surface area contributed by atoms with Crippen LogP contribution in [0.5, 0.6) is 0 Å². The van der Waals surface area contributed by atoms with Gasteiger partial charge in [-0.25, -0.2) is 9.78 Å². The Hall–Kier alpha value is -2.87. The van der Waals surface area contributed by atoms with Crippen molar-refractivity contribution in [3.8, 4) is 0 Å². The molecule has 0 saturated carbocycles. The number of hydrogen-bond donors (Lipinski definition) is 1. The van der Waals surface area contributed by atoms with Gasteiger partial charge in [0.15, 0.2) is 0 Å². The number of urea groups is 1. The van der Waals surface area contributed by atoms with E-state index in [0.29, 0.717) is 42.7 Å². The summed E-state index contributed by atoms with van der Waals surface area (Å²) in [4.78, 5) is 25.5. The van der Waals surface area contributed by atoms with Crippen molar-refractivity contribution in [2.75, 3.05) is 36.4 Å². The molecule has 1 aliphatic rings. The van der Waals surface area contributed by atoms with Crippen LogP contribution in [0.4, 0.5) is 16.3 Å². The van der Waals surface area contributed by atoms with E-state index in [1.807, 2.05) is 24.0 Å². The maximum Gasteiger partial charge on any atom is 0.321 e. The fourth-order valence-corrected chi connectivity index (χ4v) is 3.65. The maximum atomic E-state index is 12.6. The van der Waals surface area contributed by atoms with Gasteiger partial charge in [0.25, 0.3) is 5.78 Å². The van der Waals surface area contributed by atoms with Crippen LogP contribution in [-0.4, -0.2) is 56.7 Å². The van der Waals surface area contributed by atoms with Gasteiger partial charge in [0.2, 0.25) is 0 Å². The predicted octanol–water partition coefficient (Wildman–Crippen LogP) is 3.39. The molecule has 0 spiro atoms. The number of aryl methyl sites for hydroxylation is 2. The smallest absolute Gasteiger partial charge is 0.321 e. The van der Waals surface area contributed by atoms with E-state index in [9.17, 15) is 4.79 Å². The van der Waals surface area contributed by atoms with Crippen molar-refractivity contribution < 1.29 is 4.79 Å². The lowest BCUT2D eigenvalue weighted by molar-refractivity contribution is 0.208. The van der Waals surface area contributed by atoms with Crippen LogP contribution in [-0.2, 0) is 6.42 Å². The highest BCUT2D eigenvalue weighted by molar-refractivity contribution is 6.31. The lowest BCUT2D eigenvalue weighted by Gasteiger charge is -2.36. The van der Waals surface area contributed by atoms with Crippen molar-refractivity contribution in [2.24, 2.45) is 0 Å². The lowest BCUT2D eigenvalue weighted by Crippen LogP contribution is -2.50. The van der Waals surface area contributed by atoms with Gasteiger partial charge in [0, 0.05) is 48.6 Å². The molecule has 1 fully saturated rings. The number of amides is 2. The Morgan fingerprint density at radius 2 is 2.00 bits per heavy atom. The van der Waals surface area contributed by atoms with Crippen molar-refractivity contribution in [1.29, 1.82) is 0 Å². The zero-order chi connectivity index (χ0) is 20.4. The van der Waals surface area contributed by atoms with E-state index in [-0.39, 0.29) is 6.03 Å². The number of nitrogens with zero attached hydrogens (tertiary/aromatic N) is 6. The minimum absolute atomic E-state index is 0.114. The van der Waals surface area contributed by atoms with Gasteiger partial charge < -0.3 is 15.1 Å². The normalized spacial score (nSPS) is 14.4. The summed E-state index contributed by atoms with van der Waals surface area (Å²) in [6.07, 6.45) is 3.45. The number of carbonyl (C=O) groups is 1. The standard InChI is InChI=1S/C20H24ClN7O/c1-3-4-15-12-18(28-19(24-15)22-13-23-28)26-7-9-27(10-8-26)20(29)25-16-6-5-14(2)17(21)11-16/h5-6,11-13H,3-4,7-10H2,1-2H3,(H,25,29). The van der Waals surface area contributed by atoms with E-state index >= 15 is 0 Å². The number of carbonyl (C=O) groups excluding carboxylic acids is 1. The summed E-state index contributed by atoms with van der Waals surface area (Å²) in [5.41, 5.74) is 2.70. The molecule has 2 amide bonds. The molecule has 1 aliphatic heterocycles. The predicted molar refractivity (Wildman–Crippen MR) is 114 cm³/mol. The van der Waals surface area contributed by atoms with E-state index in [1.165, 1.54) is 6.33 Å². The van der Waals surface area contributed by atoms with E-state index in [2.05, 4.69) is 38.3 Å². The fourth-order valence-electron chi connectivity index (χ4n) is 3.47. The number of hydrogen-bond acceptors (Lipinski definition) is 5. The summed E-state index contributed by atoms with van der Waals surface area (Å²) in [7, 11) is 0. The third-order valence-electron chi connectivity index (χ3n) is 5.11. The Balaban J connectivity index is 1.44. The molecule has 8 nitrogen and oxygen atoms in total. The van der Waals surface area contributed by atoms with Gasteiger partial charge in [-0.15, -0.1) is 0 Å². The van der Waals surface area contributed by atoms with Gasteiger partial charge in [0.05, 0.1) is 0 Å². The van der Waals surface area contributed by atoms with Gasteiger partial charge in [-0.1, -0.05) is 31.0 Å². The highest BCUT2D eigenvalue weighted by atomic mass is 35.5. The number of halogens is 1. The molecule has 29 heavy (non-hydrogen) atoms. The SMILES string of the molecule is CCCc1cc(N2CCN(C(=O)Nc3ccc(C)c(Cl)c3)CC2)n2ncnc2n1. The molecule has 1 aromatic carbocycles. The summed E-state index contributed by atoms with van der Waals surface area (Å²) in [6.45, 7) is 6.73. The largest absolute Gasteiger partial charge is 0.353 e. The van der Waals surface area contributed by atoms with Crippen molar-refractivity contribution in [2.45, 2.75) is 26.7 Å². The Morgan fingerprint density at radius 3 is 2.72 bits per heavy atom. The summed E-state index contributed by atoms with van der Waals surface area (Å²) >= 11 is 6.15. The molecule has 3 heterocycles. The Kier molecular flexibility index (Phi) is 5.53. The van der Waals surface area contributed by atoms with Crippen LogP contribution >= 0.6 is 11.6 Å². The Morgan fingerprint density at radius 1 is 1.21 bits per heavy atom. The first kappa shape index (κ1) is 19.4. The molecule has 3 aromatic rings. The van der Waals surface area contributed by atoms with Gasteiger partial charge in [-0.05, 0) is 31.0 Å². The van der Waals surface area contributed by atoms with Crippen LogP contribution in [0, 0.1) is 6.92 Å². The fraction of sp³-hybridized carbons (Fsp3) is 0.400. The monoisotopic (exact) mass is 413 g/mol. The van der Waals surface area contributed by atoms with E-state index in [1.54, 1.807) is 10.6 Å². The minimum Gasteiger partial charge on any atom is -0.353 e. The van der Waals surface area contributed by atoms with Crippen molar-refractivity contribution in [1.82, 2.24) is 24.5 Å². The zero-order valence-corrected chi connectivity index (χ0v) is 17.4. The number of nitrogens with one attached hydrogen (secondary N) is 1. The summed E-state index contributed by atoms with van der Waals surface area (Å²) < 4.78 is 1.77. The molecule has 4 rings (SSSR count). The third kappa shape index (κ3) is 4.12. The molecular formula is C20H24ClN7O. The highest BCUT2D eigenvalue weighted by Gasteiger charge is 2.23. The molecule has 0 radical (unpaired) electrons. The molecule has 2 aromatic heterocycles. The van der Waals surface area contributed by atoms with Gasteiger partial charge in [-0.3, -0.25) is 0 Å². The first-order chi connectivity index (χ1) is 14.0.